The largest absolute Gasteiger partial charge is 0.241 e. The van der Waals surface area contributed by atoms with Gasteiger partial charge < -0.3 is 0 Å². The SMILES string of the molecule is C=CCC(NS(=O)(=O)c1ccc(C)cc1)c1ccc(Cl)cc1Cl. The molecule has 0 saturated heterocycles. The average molecular weight is 370 g/mol. The maximum Gasteiger partial charge on any atom is 0.241 e. The maximum absolute atomic E-state index is 12.6. The highest BCUT2D eigenvalue weighted by atomic mass is 35.5. The first-order chi connectivity index (χ1) is 10.8. The van der Waals surface area contributed by atoms with Crippen molar-refractivity contribution in [3.05, 3.63) is 76.3 Å². The quantitative estimate of drug-likeness (QED) is 0.736. The lowest BCUT2D eigenvalue weighted by molar-refractivity contribution is 0.558. The molecule has 2 aromatic carbocycles. The van der Waals surface area contributed by atoms with Gasteiger partial charge in [0.1, 0.15) is 0 Å². The lowest BCUT2D eigenvalue weighted by Gasteiger charge is -2.19. The van der Waals surface area contributed by atoms with Crippen LogP contribution in [0.1, 0.15) is 23.6 Å². The Hall–Kier alpha value is -1.33. The van der Waals surface area contributed by atoms with Gasteiger partial charge in [-0.1, -0.05) is 53.0 Å². The summed E-state index contributed by atoms with van der Waals surface area (Å²) in [6.07, 6.45) is 2.06. The van der Waals surface area contributed by atoms with Crippen molar-refractivity contribution in [2.24, 2.45) is 0 Å². The molecule has 0 saturated carbocycles. The van der Waals surface area contributed by atoms with E-state index in [1.54, 1.807) is 48.5 Å². The van der Waals surface area contributed by atoms with E-state index in [0.717, 1.165) is 5.56 Å². The minimum Gasteiger partial charge on any atom is -0.207 e. The van der Waals surface area contributed by atoms with E-state index in [4.69, 9.17) is 23.2 Å². The second kappa shape index (κ2) is 7.49. The molecule has 0 bridgehead atoms. The zero-order valence-corrected chi connectivity index (χ0v) is 14.9. The van der Waals surface area contributed by atoms with E-state index in [1.807, 2.05) is 6.92 Å². The van der Waals surface area contributed by atoms with Crippen LogP contribution in [-0.4, -0.2) is 8.42 Å². The summed E-state index contributed by atoms with van der Waals surface area (Å²) in [5, 5.41) is 0.911. The summed E-state index contributed by atoms with van der Waals surface area (Å²) in [5.74, 6) is 0. The lowest BCUT2D eigenvalue weighted by atomic mass is 10.1. The van der Waals surface area contributed by atoms with Crippen LogP contribution in [-0.2, 0) is 10.0 Å². The normalized spacial score (nSPS) is 12.8. The third-order valence-electron chi connectivity index (χ3n) is 3.37. The van der Waals surface area contributed by atoms with E-state index in [2.05, 4.69) is 11.3 Å². The smallest absolute Gasteiger partial charge is 0.207 e. The molecule has 0 heterocycles. The Morgan fingerprint density at radius 3 is 2.39 bits per heavy atom. The molecule has 1 atom stereocenters. The molecule has 0 aromatic heterocycles. The summed E-state index contributed by atoms with van der Waals surface area (Å²) in [6, 6.07) is 11.1. The summed E-state index contributed by atoms with van der Waals surface area (Å²) in [7, 11) is -3.66. The molecule has 1 unspecified atom stereocenters. The monoisotopic (exact) mass is 369 g/mol. The fourth-order valence-electron chi connectivity index (χ4n) is 2.16. The average Bonchev–Trinajstić information content (AvgIpc) is 2.47. The van der Waals surface area contributed by atoms with Crippen molar-refractivity contribution in [3.8, 4) is 0 Å². The van der Waals surface area contributed by atoms with Gasteiger partial charge in [0.15, 0.2) is 0 Å². The molecule has 23 heavy (non-hydrogen) atoms. The molecular formula is C17H17Cl2NO2S. The van der Waals surface area contributed by atoms with E-state index in [0.29, 0.717) is 22.0 Å². The zero-order chi connectivity index (χ0) is 17.0. The van der Waals surface area contributed by atoms with E-state index in [1.165, 1.54) is 0 Å². The fourth-order valence-corrected chi connectivity index (χ4v) is 3.93. The predicted octanol–water partition coefficient (Wildman–Crippen LogP) is 4.90. The lowest BCUT2D eigenvalue weighted by Crippen LogP contribution is -2.28. The van der Waals surface area contributed by atoms with Gasteiger partial charge in [-0.15, -0.1) is 6.58 Å². The van der Waals surface area contributed by atoms with E-state index < -0.39 is 16.1 Å². The van der Waals surface area contributed by atoms with Gasteiger partial charge in [0.05, 0.1) is 10.9 Å². The highest BCUT2D eigenvalue weighted by molar-refractivity contribution is 7.89. The Morgan fingerprint density at radius 1 is 1.17 bits per heavy atom. The molecule has 122 valence electrons. The second-order valence-electron chi connectivity index (χ2n) is 5.18. The third kappa shape index (κ3) is 4.58. The molecule has 6 heteroatoms. The standard InChI is InChI=1S/C17H17Cl2NO2S/c1-3-4-17(15-10-7-13(18)11-16(15)19)20-23(21,22)14-8-5-12(2)6-9-14/h3,5-11,17,20H,1,4H2,2H3. The molecule has 0 aliphatic heterocycles. The van der Waals surface area contributed by atoms with Gasteiger partial charge in [-0.3, -0.25) is 0 Å². The third-order valence-corrected chi connectivity index (χ3v) is 5.42. The number of nitrogens with one attached hydrogen (secondary N) is 1. The van der Waals surface area contributed by atoms with Gasteiger partial charge in [0.2, 0.25) is 10.0 Å². The summed E-state index contributed by atoms with van der Waals surface area (Å²) in [4.78, 5) is 0.210. The fraction of sp³-hybridized carbons (Fsp3) is 0.176. The van der Waals surface area contributed by atoms with Crippen molar-refractivity contribution in [3.63, 3.8) is 0 Å². The van der Waals surface area contributed by atoms with Crippen LogP contribution in [0, 0.1) is 6.92 Å². The topological polar surface area (TPSA) is 46.2 Å². The minimum atomic E-state index is -3.66. The summed E-state index contributed by atoms with van der Waals surface area (Å²) < 4.78 is 27.8. The van der Waals surface area contributed by atoms with E-state index in [9.17, 15) is 8.42 Å². The molecule has 0 radical (unpaired) electrons. The molecule has 2 aromatic rings. The van der Waals surface area contributed by atoms with E-state index >= 15 is 0 Å². The van der Waals surface area contributed by atoms with Crippen LogP contribution < -0.4 is 4.72 Å². The van der Waals surface area contributed by atoms with Crippen molar-refractivity contribution < 1.29 is 8.42 Å². The zero-order valence-electron chi connectivity index (χ0n) is 12.6. The number of hydrogen-bond donors (Lipinski definition) is 1. The van der Waals surface area contributed by atoms with Gasteiger partial charge >= 0.3 is 0 Å². The van der Waals surface area contributed by atoms with Crippen LogP contribution in [0.3, 0.4) is 0 Å². The summed E-state index contributed by atoms with van der Waals surface area (Å²) >= 11 is 12.1. The van der Waals surface area contributed by atoms with Crippen LogP contribution in [0.2, 0.25) is 10.0 Å². The molecule has 0 fully saturated rings. The van der Waals surface area contributed by atoms with Gasteiger partial charge in [-0.2, -0.15) is 0 Å². The molecule has 0 aliphatic carbocycles. The molecule has 0 spiro atoms. The van der Waals surface area contributed by atoms with Gasteiger partial charge in [0.25, 0.3) is 0 Å². The van der Waals surface area contributed by atoms with Crippen LogP contribution in [0.15, 0.2) is 60.0 Å². The maximum atomic E-state index is 12.6. The number of hydrogen-bond acceptors (Lipinski definition) is 2. The first-order valence-corrected chi connectivity index (χ1v) is 9.22. The molecular weight excluding hydrogens is 353 g/mol. The van der Waals surface area contributed by atoms with Crippen molar-refractivity contribution in [1.82, 2.24) is 4.72 Å². The van der Waals surface area contributed by atoms with Crippen LogP contribution in [0.25, 0.3) is 0 Å². The minimum absolute atomic E-state index is 0.210. The molecule has 2 rings (SSSR count). The Kier molecular flexibility index (Phi) is 5.87. The molecule has 1 N–H and O–H groups in total. The van der Waals surface area contributed by atoms with E-state index in [-0.39, 0.29) is 4.90 Å². The first kappa shape index (κ1) is 18.0. The molecule has 0 amide bonds. The summed E-state index contributed by atoms with van der Waals surface area (Å²) in [5.41, 5.74) is 1.65. The van der Waals surface area contributed by atoms with Gasteiger partial charge in [0, 0.05) is 10.0 Å². The Morgan fingerprint density at radius 2 is 1.83 bits per heavy atom. The second-order valence-corrected chi connectivity index (χ2v) is 7.73. The van der Waals surface area contributed by atoms with Crippen molar-refractivity contribution in [1.29, 1.82) is 0 Å². The first-order valence-electron chi connectivity index (χ1n) is 6.98. The highest BCUT2D eigenvalue weighted by Gasteiger charge is 2.22. The van der Waals surface area contributed by atoms with Crippen LogP contribution in [0.4, 0.5) is 0 Å². The predicted molar refractivity (Wildman–Crippen MR) is 95.5 cm³/mol. The molecule has 0 aliphatic rings. The van der Waals surface area contributed by atoms with Crippen LogP contribution >= 0.6 is 23.2 Å². The Labute approximate surface area is 147 Å². The Bertz CT molecular complexity index is 802. The van der Waals surface area contributed by atoms with Gasteiger partial charge in [-0.05, 0) is 43.2 Å². The molecule has 3 nitrogen and oxygen atoms in total. The number of rotatable bonds is 6. The van der Waals surface area contributed by atoms with Gasteiger partial charge in [-0.25, -0.2) is 13.1 Å². The summed E-state index contributed by atoms with van der Waals surface area (Å²) in [6.45, 7) is 5.58. The number of halogens is 2. The number of sulfonamides is 1. The van der Waals surface area contributed by atoms with Crippen molar-refractivity contribution in [2.45, 2.75) is 24.3 Å². The van der Waals surface area contributed by atoms with Crippen molar-refractivity contribution in [2.75, 3.05) is 0 Å². The number of benzene rings is 2. The van der Waals surface area contributed by atoms with Crippen molar-refractivity contribution >= 4 is 33.2 Å². The number of aryl methyl sites for hydroxylation is 1. The van der Waals surface area contributed by atoms with Crippen LogP contribution in [0.5, 0.6) is 0 Å². The highest BCUT2D eigenvalue weighted by Crippen LogP contribution is 2.29. The Balaban J connectivity index is 2.35.